The van der Waals surface area contributed by atoms with Crippen molar-refractivity contribution in [3.05, 3.63) is 87.6 Å². The van der Waals surface area contributed by atoms with Gasteiger partial charge in [-0.2, -0.15) is 0 Å². The van der Waals surface area contributed by atoms with Gasteiger partial charge in [-0.3, -0.25) is 4.79 Å². The molecule has 4 nitrogen and oxygen atoms in total. The van der Waals surface area contributed by atoms with Crippen LogP contribution in [-0.2, 0) is 6.42 Å². The van der Waals surface area contributed by atoms with Crippen LogP contribution in [0.4, 0.5) is 11.5 Å². The van der Waals surface area contributed by atoms with Crippen LogP contribution in [0.1, 0.15) is 15.9 Å². The number of fused-ring (bicyclic) bond motifs is 2. The highest BCUT2D eigenvalue weighted by molar-refractivity contribution is 14.1. The molecule has 4 aromatic rings. The van der Waals surface area contributed by atoms with Crippen molar-refractivity contribution in [2.45, 2.75) is 6.42 Å². The van der Waals surface area contributed by atoms with Crippen molar-refractivity contribution >= 4 is 50.8 Å². The number of nitrogens with two attached hydrogens (primary N) is 1. The summed E-state index contributed by atoms with van der Waals surface area (Å²) in [6.07, 6.45) is 2.52. The Morgan fingerprint density at radius 3 is 2.66 bits per heavy atom. The molecule has 142 valence electrons. The molecule has 0 atom stereocenters. The van der Waals surface area contributed by atoms with E-state index >= 15 is 0 Å². The topological polar surface area (TPSA) is 59.2 Å². The van der Waals surface area contributed by atoms with E-state index < -0.39 is 0 Å². The molecule has 1 aliphatic heterocycles. The summed E-state index contributed by atoms with van der Waals surface area (Å²) in [6.45, 7) is 0.646. The Hall–Kier alpha value is -2.93. The number of hydrogen-bond acceptors (Lipinski definition) is 3. The number of carbonyl (C=O) groups is 1. The maximum atomic E-state index is 13.6. The first-order valence-electron chi connectivity index (χ1n) is 9.46. The molecule has 1 aliphatic rings. The van der Waals surface area contributed by atoms with Gasteiger partial charge >= 0.3 is 0 Å². The number of rotatable bonds is 2. The molecule has 0 saturated carbocycles. The van der Waals surface area contributed by atoms with Crippen LogP contribution in [-0.4, -0.2) is 17.4 Å². The maximum Gasteiger partial charge on any atom is 0.259 e. The van der Waals surface area contributed by atoms with Crippen molar-refractivity contribution < 1.29 is 4.79 Å². The summed E-state index contributed by atoms with van der Waals surface area (Å²) in [4.78, 5) is 19.6. The number of benzene rings is 3. The smallest absolute Gasteiger partial charge is 0.259 e. The first-order valence-corrected chi connectivity index (χ1v) is 10.5. The molecular weight excluding hydrogens is 473 g/mol. The number of nitrogen functional groups attached to an aromatic ring is 1. The maximum absolute atomic E-state index is 13.6. The fraction of sp³-hybridized carbons (Fsp3) is 0.0833. The third kappa shape index (κ3) is 3.15. The highest BCUT2D eigenvalue weighted by Crippen LogP contribution is 2.34. The highest BCUT2D eigenvalue weighted by Gasteiger charge is 2.28. The molecule has 0 radical (unpaired) electrons. The normalized spacial score (nSPS) is 13.6. The minimum atomic E-state index is 0.0298. The number of amides is 1. The molecule has 5 heteroatoms. The fourth-order valence-corrected chi connectivity index (χ4v) is 4.35. The van der Waals surface area contributed by atoms with Crippen molar-refractivity contribution in [3.63, 3.8) is 0 Å². The average Bonchev–Trinajstić information content (AvgIpc) is 2.74. The van der Waals surface area contributed by atoms with Crippen molar-refractivity contribution in [3.8, 4) is 11.1 Å². The van der Waals surface area contributed by atoms with E-state index in [4.69, 9.17) is 5.73 Å². The van der Waals surface area contributed by atoms with Crippen LogP contribution in [0.2, 0.25) is 0 Å². The lowest BCUT2D eigenvalue weighted by Gasteiger charge is -2.30. The van der Waals surface area contributed by atoms with E-state index in [1.165, 1.54) is 3.57 Å². The number of aromatic nitrogens is 1. The minimum Gasteiger partial charge on any atom is -0.383 e. The highest BCUT2D eigenvalue weighted by atomic mass is 127. The van der Waals surface area contributed by atoms with E-state index in [-0.39, 0.29) is 5.91 Å². The minimum absolute atomic E-state index is 0.0298. The molecule has 2 heterocycles. The van der Waals surface area contributed by atoms with Gasteiger partial charge in [0, 0.05) is 27.4 Å². The van der Waals surface area contributed by atoms with Gasteiger partial charge < -0.3 is 10.6 Å². The third-order valence-electron chi connectivity index (χ3n) is 5.46. The zero-order chi connectivity index (χ0) is 20.0. The number of nitrogens with zero attached hydrogens (tertiary/aromatic N) is 2. The molecule has 5 rings (SSSR count). The Bertz CT molecular complexity index is 1250. The van der Waals surface area contributed by atoms with Crippen molar-refractivity contribution in [1.82, 2.24) is 4.98 Å². The van der Waals surface area contributed by atoms with E-state index in [1.807, 2.05) is 41.3 Å². The van der Waals surface area contributed by atoms with Gasteiger partial charge in [0.05, 0.1) is 5.56 Å². The first-order chi connectivity index (χ1) is 14.1. The van der Waals surface area contributed by atoms with Crippen molar-refractivity contribution in [1.29, 1.82) is 0 Å². The number of hydrogen-bond donors (Lipinski definition) is 1. The van der Waals surface area contributed by atoms with Gasteiger partial charge in [-0.1, -0.05) is 36.4 Å². The molecule has 29 heavy (non-hydrogen) atoms. The van der Waals surface area contributed by atoms with E-state index in [0.717, 1.165) is 45.1 Å². The number of carbonyl (C=O) groups excluding carboxylic acids is 1. The summed E-state index contributed by atoms with van der Waals surface area (Å²) in [7, 11) is 0. The van der Waals surface area contributed by atoms with E-state index in [2.05, 4.69) is 57.9 Å². The monoisotopic (exact) mass is 491 g/mol. The molecular formula is C24H18IN3O. The molecule has 0 spiro atoms. The average molecular weight is 491 g/mol. The summed E-state index contributed by atoms with van der Waals surface area (Å²) in [6, 6.07) is 22.3. The lowest BCUT2D eigenvalue weighted by atomic mass is 9.90. The van der Waals surface area contributed by atoms with Gasteiger partial charge in [0.25, 0.3) is 5.91 Å². The molecule has 0 aliphatic carbocycles. The summed E-state index contributed by atoms with van der Waals surface area (Å²) in [5, 5.41) is 1.89. The van der Waals surface area contributed by atoms with Crippen LogP contribution >= 0.6 is 22.6 Å². The Morgan fingerprint density at radius 2 is 1.83 bits per heavy atom. The molecule has 2 N–H and O–H groups in total. The number of halogens is 1. The van der Waals surface area contributed by atoms with Crippen LogP contribution in [0.5, 0.6) is 0 Å². The van der Waals surface area contributed by atoms with Crippen LogP contribution in [0.25, 0.3) is 21.9 Å². The Labute approximate surface area is 182 Å². The van der Waals surface area contributed by atoms with Crippen molar-refractivity contribution in [2.24, 2.45) is 0 Å². The number of anilines is 2. The SMILES string of the molecule is Nc1nccc2ccc(N3CCc4cccc(-c5ccc(I)cc5)c4C3=O)cc12. The zero-order valence-corrected chi connectivity index (χ0v) is 17.8. The van der Waals surface area contributed by atoms with Crippen LogP contribution in [0, 0.1) is 3.57 Å². The predicted octanol–water partition coefficient (Wildman–Crippen LogP) is 5.29. The molecule has 0 unspecified atom stereocenters. The summed E-state index contributed by atoms with van der Waals surface area (Å²) >= 11 is 2.29. The fourth-order valence-electron chi connectivity index (χ4n) is 3.99. The Morgan fingerprint density at radius 1 is 1.00 bits per heavy atom. The second kappa shape index (κ2) is 7.15. The summed E-state index contributed by atoms with van der Waals surface area (Å²) in [5.74, 6) is 0.510. The van der Waals surface area contributed by atoms with Gasteiger partial charge in [0.2, 0.25) is 0 Å². The lowest BCUT2D eigenvalue weighted by molar-refractivity contribution is 0.0981. The molecule has 1 aromatic heterocycles. The number of pyridine rings is 1. The molecule has 0 saturated heterocycles. The molecule has 3 aromatic carbocycles. The van der Waals surface area contributed by atoms with E-state index in [0.29, 0.717) is 12.4 Å². The Kier molecular flexibility index (Phi) is 4.47. The first kappa shape index (κ1) is 18.1. The van der Waals surface area contributed by atoms with Gasteiger partial charge in [0.15, 0.2) is 0 Å². The lowest BCUT2D eigenvalue weighted by Crippen LogP contribution is -2.38. The van der Waals surface area contributed by atoms with E-state index in [9.17, 15) is 4.79 Å². The summed E-state index contributed by atoms with van der Waals surface area (Å²) < 4.78 is 1.17. The summed E-state index contributed by atoms with van der Waals surface area (Å²) in [5.41, 5.74) is 10.8. The molecule has 0 bridgehead atoms. The quantitative estimate of drug-likeness (QED) is 0.388. The molecule has 1 amide bonds. The predicted molar refractivity (Wildman–Crippen MR) is 126 cm³/mol. The van der Waals surface area contributed by atoms with Crippen LogP contribution in [0.3, 0.4) is 0 Å². The van der Waals surface area contributed by atoms with Crippen LogP contribution < -0.4 is 10.6 Å². The standard InChI is InChI=1S/C24H18IN3O/c25-18-7-4-15(5-8-18)20-3-1-2-17-11-13-28(24(29)22(17)20)19-9-6-16-10-12-27-23(26)21(16)14-19/h1-10,12,14H,11,13H2,(H2,26,27). The second-order valence-electron chi connectivity index (χ2n) is 7.16. The van der Waals surface area contributed by atoms with Crippen LogP contribution in [0.15, 0.2) is 72.9 Å². The largest absolute Gasteiger partial charge is 0.383 e. The van der Waals surface area contributed by atoms with Gasteiger partial charge in [-0.05, 0) is 81.4 Å². The zero-order valence-electron chi connectivity index (χ0n) is 15.6. The Balaban J connectivity index is 1.61. The van der Waals surface area contributed by atoms with Gasteiger partial charge in [0.1, 0.15) is 5.82 Å². The molecule has 0 fully saturated rings. The van der Waals surface area contributed by atoms with Gasteiger partial charge in [-0.15, -0.1) is 0 Å². The third-order valence-corrected chi connectivity index (χ3v) is 6.18. The second-order valence-corrected chi connectivity index (χ2v) is 8.40. The van der Waals surface area contributed by atoms with Gasteiger partial charge in [-0.25, -0.2) is 4.98 Å². The van der Waals surface area contributed by atoms with Crippen molar-refractivity contribution in [2.75, 3.05) is 17.2 Å². The van der Waals surface area contributed by atoms with E-state index in [1.54, 1.807) is 6.20 Å².